The van der Waals surface area contributed by atoms with Gasteiger partial charge in [-0.25, -0.2) is 19.7 Å². The number of urea groups is 1. The largest absolute Gasteiger partial charge is 0.421 e. The van der Waals surface area contributed by atoms with Gasteiger partial charge in [-0.1, -0.05) is 24.4 Å². The summed E-state index contributed by atoms with van der Waals surface area (Å²) in [5, 5.41) is 9.13. The summed E-state index contributed by atoms with van der Waals surface area (Å²) in [4.78, 5) is 53.5. The highest BCUT2D eigenvalue weighted by atomic mass is 32.2. The van der Waals surface area contributed by atoms with Gasteiger partial charge in [-0.15, -0.1) is 0 Å². The first-order valence-electron chi connectivity index (χ1n) is 13.0. The van der Waals surface area contributed by atoms with Crippen molar-refractivity contribution in [2.45, 2.75) is 54.6 Å². The molecule has 40 heavy (non-hydrogen) atoms. The molecule has 3 aliphatic rings. The fourth-order valence-electron chi connectivity index (χ4n) is 5.40. The zero-order valence-electron chi connectivity index (χ0n) is 21.7. The minimum absolute atomic E-state index is 0.159. The fourth-order valence-corrected chi connectivity index (χ4v) is 6.64. The number of ether oxygens (including phenoxy) is 1. The summed E-state index contributed by atoms with van der Waals surface area (Å²) in [6, 6.07) is 7.62. The number of hydrogen-bond acceptors (Lipinski definition) is 8. The van der Waals surface area contributed by atoms with E-state index in [1.54, 1.807) is 47.8 Å². The summed E-state index contributed by atoms with van der Waals surface area (Å²) >= 11 is 1.33. The van der Waals surface area contributed by atoms with Crippen LogP contribution in [0, 0.1) is 6.92 Å². The molecule has 11 nitrogen and oxygen atoms in total. The summed E-state index contributed by atoms with van der Waals surface area (Å²) in [5.41, 5.74) is 2.81. The summed E-state index contributed by atoms with van der Waals surface area (Å²) in [5.74, 6) is 0.313. The average molecular weight is 558 g/mol. The number of aromatic nitrogens is 3. The number of pyridine rings is 3. The standard InChI is InChI=1S/C28H27N7O4S/c1-3-20(36)32-16-7-6-8-17(16)33-26(37)25-24-23-18(10-12-30-27(23)40-25)35(28(38)34-24)19-14-31-22(13-15(19)2)39-21-9-4-5-11-29-21/h3-5,9-14,16-17,24-25H,1,6-8H2,2H3,(H,32,36)(H,33,37)(H,34,38)/t16-,17+,24?,25?/m0/s1. The van der Waals surface area contributed by atoms with Gasteiger partial charge in [-0.3, -0.25) is 14.5 Å². The maximum atomic E-state index is 13.5. The summed E-state index contributed by atoms with van der Waals surface area (Å²) in [6.45, 7) is 5.38. The normalized spacial score (nSPS) is 22.7. The molecule has 1 saturated carbocycles. The van der Waals surface area contributed by atoms with Crippen molar-refractivity contribution in [2.75, 3.05) is 4.90 Å². The molecule has 4 amide bonds. The number of anilines is 2. The first-order chi connectivity index (χ1) is 19.4. The Bertz CT molecular complexity index is 1500. The SMILES string of the molecule is C=CC(=O)N[C@H]1CCC[C@H]1NC(=O)C1Sc2nccc3c2C1NC(=O)N3c1cnc(Oc2ccccn2)cc1C. The molecule has 0 aromatic carbocycles. The van der Waals surface area contributed by atoms with Crippen LogP contribution in [0.15, 0.2) is 66.6 Å². The molecule has 5 heterocycles. The predicted octanol–water partition coefficient (Wildman–Crippen LogP) is 3.69. The van der Waals surface area contributed by atoms with Gasteiger partial charge in [0.1, 0.15) is 10.3 Å². The van der Waals surface area contributed by atoms with Crippen LogP contribution < -0.4 is 25.6 Å². The second-order valence-electron chi connectivity index (χ2n) is 9.79. The Labute approximate surface area is 234 Å². The minimum Gasteiger partial charge on any atom is -0.421 e. The van der Waals surface area contributed by atoms with Crippen molar-refractivity contribution < 1.29 is 19.1 Å². The topological polar surface area (TPSA) is 138 Å². The smallest absolute Gasteiger partial charge is 0.327 e. The number of rotatable bonds is 7. The third kappa shape index (κ3) is 4.75. The highest BCUT2D eigenvalue weighted by Gasteiger charge is 2.47. The number of aryl methyl sites for hydroxylation is 1. The monoisotopic (exact) mass is 557 g/mol. The summed E-state index contributed by atoms with van der Waals surface area (Å²) < 4.78 is 5.75. The molecule has 204 valence electrons. The van der Waals surface area contributed by atoms with Crippen molar-refractivity contribution in [3.63, 3.8) is 0 Å². The van der Waals surface area contributed by atoms with Crippen LogP contribution in [0.5, 0.6) is 11.8 Å². The van der Waals surface area contributed by atoms with Crippen LogP contribution in [-0.4, -0.2) is 50.1 Å². The van der Waals surface area contributed by atoms with E-state index in [-0.39, 0.29) is 29.9 Å². The third-order valence-corrected chi connectivity index (χ3v) is 8.56. The van der Waals surface area contributed by atoms with Gasteiger partial charge in [-0.2, -0.15) is 0 Å². The Morgan fingerprint density at radius 1 is 1.10 bits per heavy atom. The number of thioether (sulfide) groups is 1. The Morgan fingerprint density at radius 3 is 2.67 bits per heavy atom. The quantitative estimate of drug-likeness (QED) is 0.374. The van der Waals surface area contributed by atoms with E-state index in [1.807, 2.05) is 13.0 Å². The lowest BCUT2D eigenvalue weighted by atomic mass is 9.99. The summed E-state index contributed by atoms with van der Waals surface area (Å²) in [7, 11) is 0. The van der Waals surface area contributed by atoms with Crippen molar-refractivity contribution in [3.8, 4) is 11.8 Å². The Kier molecular flexibility index (Phi) is 6.84. The van der Waals surface area contributed by atoms with E-state index in [2.05, 4.69) is 37.5 Å². The number of carbonyl (C=O) groups is 3. The van der Waals surface area contributed by atoms with Gasteiger partial charge in [-0.05, 0) is 50.0 Å². The second-order valence-corrected chi connectivity index (χ2v) is 10.9. The Balaban J connectivity index is 1.23. The van der Waals surface area contributed by atoms with Crippen LogP contribution in [0.25, 0.3) is 0 Å². The van der Waals surface area contributed by atoms with Gasteiger partial charge in [0, 0.05) is 42.2 Å². The lowest BCUT2D eigenvalue weighted by Gasteiger charge is -2.35. The van der Waals surface area contributed by atoms with Crippen LogP contribution in [0.2, 0.25) is 0 Å². The third-order valence-electron chi connectivity index (χ3n) is 7.27. The lowest BCUT2D eigenvalue weighted by Crippen LogP contribution is -2.53. The predicted molar refractivity (Wildman–Crippen MR) is 148 cm³/mol. The molecule has 0 saturated heterocycles. The molecular weight excluding hydrogens is 530 g/mol. The average Bonchev–Trinajstić information content (AvgIpc) is 3.55. The van der Waals surface area contributed by atoms with E-state index in [1.165, 1.54) is 17.8 Å². The van der Waals surface area contributed by atoms with Gasteiger partial charge >= 0.3 is 6.03 Å². The Hall–Kier alpha value is -4.45. The molecule has 2 aliphatic heterocycles. The highest BCUT2D eigenvalue weighted by Crippen LogP contribution is 2.51. The highest BCUT2D eigenvalue weighted by molar-refractivity contribution is 8.01. The molecule has 6 rings (SSSR count). The maximum Gasteiger partial charge on any atom is 0.327 e. The number of nitrogens with zero attached hydrogens (tertiary/aromatic N) is 4. The molecule has 0 spiro atoms. The molecular formula is C28H27N7O4S. The van der Waals surface area contributed by atoms with Crippen molar-refractivity contribution >= 4 is 41.0 Å². The number of nitrogens with one attached hydrogen (secondary N) is 3. The second kappa shape index (κ2) is 10.6. The van der Waals surface area contributed by atoms with E-state index in [0.29, 0.717) is 28.2 Å². The zero-order valence-corrected chi connectivity index (χ0v) is 22.5. The molecule has 1 aliphatic carbocycles. The van der Waals surface area contributed by atoms with Gasteiger partial charge < -0.3 is 20.7 Å². The van der Waals surface area contributed by atoms with Crippen LogP contribution >= 0.6 is 11.8 Å². The lowest BCUT2D eigenvalue weighted by molar-refractivity contribution is -0.122. The maximum absolute atomic E-state index is 13.5. The molecule has 12 heteroatoms. The molecule has 3 N–H and O–H groups in total. The fraction of sp³-hybridized carbons (Fsp3) is 0.286. The summed E-state index contributed by atoms with van der Waals surface area (Å²) in [6.07, 6.45) is 8.53. The number of amides is 4. The van der Waals surface area contributed by atoms with Crippen molar-refractivity contribution in [1.82, 2.24) is 30.9 Å². The first-order valence-corrected chi connectivity index (χ1v) is 13.9. The number of carbonyl (C=O) groups excluding carboxylic acids is 3. The zero-order chi connectivity index (χ0) is 27.8. The van der Waals surface area contributed by atoms with Gasteiger partial charge in [0.05, 0.1) is 23.6 Å². The van der Waals surface area contributed by atoms with E-state index in [4.69, 9.17) is 4.74 Å². The van der Waals surface area contributed by atoms with E-state index < -0.39 is 11.3 Å². The van der Waals surface area contributed by atoms with Crippen LogP contribution in [-0.2, 0) is 9.59 Å². The molecule has 2 unspecified atom stereocenters. The molecule has 4 atom stereocenters. The molecule has 0 bridgehead atoms. The van der Waals surface area contributed by atoms with Crippen LogP contribution in [0.4, 0.5) is 16.2 Å². The van der Waals surface area contributed by atoms with Crippen molar-refractivity contribution in [1.29, 1.82) is 0 Å². The molecule has 1 fully saturated rings. The van der Waals surface area contributed by atoms with Gasteiger partial charge in [0.15, 0.2) is 0 Å². The van der Waals surface area contributed by atoms with Crippen molar-refractivity contribution in [2.24, 2.45) is 0 Å². The van der Waals surface area contributed by atoms with Gasteiger partial charge in [0.2, 0.25) is 23.6 Å². The molecule has 0 radical (unpaired) electrons. The van der Waals surface area contributed by atoms with E-state index in [0.717, 1.165) is 30.4 Å². The van der Waals surface area contributed by atoms with Crippen molar-refractivity contribution in [3.05, 3.63) is 72.7 Å². The van der Waals surface area contributed by atoms with E-state index >= 15 is 0 Å². The molecule has 3 aromatic heterocycles. The Morgan fingerprint density at radius 2 is 1.93 bits per heavy atom. The number of hydrogen-bond donors (Lipinski definition) is 3. The van der Waals surface area contributed by atoms with Crippen LogP contribution in [0.3, 0.4) is 0 Å². The minimum atomic E-state index is -0.598. The van der Waals surface area contributed by atoms with Gasteiger partial charge in [0.25, 0.3) is 0 Å². The first kappa shape index (κ1) is 25.8. The van der Waals surface area contributed by atoms with E-state index in [9.17, 15) is 14.4 Å². The molecule has 3 aromatic rings. The van der Waals surface area contributed by atoms with Crippen LogP contribution in [0.1, 0.15) is 36.4 Å².